The molecule has 0 aliphatic carbocycles. The monoisotopic (exact) mass is 250 g/mol. The van der Waals surface area contributed by atoms with Crippen molar-refractivity contribution in [1.82, 2.24) is 4.98 Å². The molecule has 0 fully saturated rings. The van der Waals surface area contributed by atoms with Crippen LogP contribution in [0.2, 0.25) is 0 Å². The quantitative estimate of drug-likeness (QED) is 0.789. The summed E-state index contributed by atoms with van der Waals surface area (Å²) in [6, 6.07) is 3.21. The van der Waals surface area contributed by atoms with Gasteiger partial charge in [0.1, 0.15) is 0 Å². The fraction of sp³-hybridized carbons (Fsp3) is 0.250. The van der Waals surface area contributed by atoms with Crippen LogP contribution in [0.5, 0.6) is 5.88 Å². The van der Waals surface area contributed by atoms with Crippen LogP contribution in [0.4, 0.5) is 5.69 Å². The van der Waals surface area contributed by atoms with Crippen LogP contribution in [0.25, 0.3) is 0 Å². The Kier molecular flexibility index (Phi) is 4.42. The minimum absolute atomic E-state index is 0.00831. The molecule has 0 spiro atoms. The first-order valence-electron chi connectivity index (χ1n) is 5.18. The molecule has 0 aliphatic rings. The third-order valence-electron chi connectivity index (χ3n) is 2.43. The Balaban J connectivity index is 2.81. The van der Waals surface area contributed by atoms with Crippen molar-refractivity contribution in [2.45, 2.75) is 13.8 Å². The first-order chi connectivity index (χ1) is 8.45. The number of nitrogens with zero attached hydrogens (tertiary/aromatic N) is 1. The predicted octanol–water partition coefficient (Wildman–Crippen LogP) is 1.45. The maximum atomic E-state index is 11.7. The maximum absolute atomic E-state index is 11.7. The summed E-state index contributed by atoms with van der Waals surface area (Å²) in [4.78, 5) is 26.4. The largest absolute Gasteiger partial charge is 0.481 e. The highest BCUT2D eigenvalue weighted by Crippen LogP contribution is 2.13. The molecule has 1 heterocycles. The highest BCUT2D eigenvalue weighted by molar-refractivity contribution is 6.07. The number of rotatable bonds is 4. The molecular weight excluding hydrogens is 236 g/mol. The second-order valence-electron chi connectivity index (χ2n) is 3.60. The third-order valence-corrected chi connectivity index (χ3v) is 2.43. The van der Waals surface area contributed by atoms with E-state index in [1.54, 1.807) is 12.1 Å². The number of aromatic nitrogens is 1. The van der Waals surface area contributed by atoms with Crippen LogP contribution in [-0.4, -0.2) is 29.1 Å². The Hall–Kier alpha value is -2.37. The molecule has 0 radical (unpaired) electrons. The molecule has 1 amide bonds. The summed E-state index contributed by atoms with van der Waals surface area (Å²) in [5, 5.41) is 11.3. The topological polar surface area (TPSA) is 88.5 Å². The summed E-state index contributed by atoms with van der Waals surface area (Å²) in [5.74, 6) is -1.15. The molecular formula is C12H14N2O4. The molecule has 0 saturated heterocycles. The lowest BCUT2D eigenvalue weighted by atomic mass is 10.1. The number of anilines is 1. The average Bonchev–Trinajstić information content (AvgIpc) is 2.37. The molecule has 1 aromatic rings. The molecule has 96 valence electrons. The van der Waals surface area contributed by atoms with E-state index in [0.717, 1.165) is 0 Å². The van der Waals surface area contributed by atoms with E-state index >= 15 is 0 Å². The Morgan fingerprint density at radius 2 is 1.94 bits per heavy atom. The number of methoxy groups -OCH3 is 1. The molecule has 0 bridgehead atoms. The van der Waals surface area contributed by atoms with Gasteiger partial charge in [-0.3, -0.25) is 4.79 Å². The summed E-state index contributed by atoms with van der Waals surface area (Å²) < 4.78 is 4.88. The van der Waals surface area contributed by atoms with Gasteiger partial charge in [0.15, 0.2) is 0 Å². The van der Waals surface area contributed by atoms with Crippen LogP contribution < -0.4 is 10.1 Å². The number of carboxylic acids is 1. The van der Waals surface area contributed by atoms with E-state index in [2.05, 4.69) is 10.3 Å². The van der Waals surface area contributed by atoms with E-state index in [0.29, 0.717) is 11.6 Å². The van der Waals surface area contributed by atoms with E-state index in [1.807, 2.05) is 0 Å². The zero-order valence-corrected chi connectivity index (χ0v) is 10.4. The highest BCUT2D eigenvalue weighted by atomic mass is 16.5. The lowest BCUT2D eigenvalue weighted by molar-refractivity contribution is -0.133. The molecule has 6 heteroatoms. The normalized spacial score (nSPS) is 11.5. The number of ether oxygens (including phenoxy) is 1. The predicted molar refractivity (Wildman–Crippen MR) is 65.4 cm³/mol. The first kappa shape index (κ1) is 13.7. The zero-order valence-electron chi connectivity index (χ0n) is 10.4. The second-order valence-corrected chi connectivity index (χ2v) is 3.60. The lowest BCUT2D eigenvalue weighted by Gasteiger charge is -2.07. The first-order valence-corrected chi connectivity index (χ1v) is 5.18. The van der Waals surface area contributed by atoms with Crippen molar-refractivity contribution in [3.63, 3.8) is 0 Å². The number of carbonyl (C=O) groups is 2. The fourth-order valence-electron chi connectivity index (χ4n) is 1.13. The smallest absolute Gasteiger partial charge is 0.331 e. The number of pyridine rings is 1. The Labute approximate surface area is 104 Å². The third kappa shape index (κ3) is 3.31. The molecule has 2 N–H and O–H groups in total. The van der Waals surface area contributed by atoms with Gasteiger partial charge in [-0.05, 0) is 19.9 Å². The summed E-state index contributed by atoms with van der Waals surface area (Å²) >= 11 is 0. The SMILES string of the molecule is COc1ccc(NC(=O)C(C)=C(C)C(=O)O)cn1. The van der Waals surface area contributed by atoms with Crippen molar-refractivity contribution in [3.05, 3.63) is 29.5 Å². The van der Waals surface area contributed by atoms with Gasteiger partial charge in [0.25, 0.3) is 5.91 Å². The minimum atomic E-state index is -1.12. The van der Waals surface area contributed by atoms with E-state index < -0.39 is 11.9 Å². The molecule has 18 heavy (non-hydrogen) atoms. The molecule has 1 rings (SSSR count). The standard InChI is InChI=1S/C12H14N2O4/c1-7(8(2)12(16)17)11(15)14-9-4-5-10(18-3)13-6-9/h4-6H,1-3H3,(H,14,15)(H,16,17). The van der Waals surface area contributed by atoms with Gasteiger partial charge in [-0.15, -0.1) is 0 Å². The van der Waals surface area contributed by atoms with Gasteiger partial charge >= 0.3 is 5.97 Å². The molecule has 0 atom stereocenters. The lowest BCUT2D eigenvalue weighted by Crippen LogP contribution is -2.16. The minimum Gasteiger partial charge on any atom is -0.481 e. The summed E-state index contributed by atoms with van der Waals surface area (Å²) in [6.07, 6.45) is 1.43. The summed E-state index contributed by atoms with van der Waals surface area (Å²) in [6.45, 7) is 2.83. The van der Waals surface area contributed by atoms with Gasteiger partial charge in [-0.2, -0.15) is 0 Å². The van der Waals surface area contributed by atoms with Crippen LogP contribution in [0, 0.1) is 0 Å². The number of hydrogen-bond acceptors (Lipinski definition) is 4. The number of amides is 1. The fourth-order valence-corrected chi connectivity index (χ4v) is 1.13. The van der Waals surface area contributed by atoms with E-state index in [9.17, 15) is 9.59 Å². The van der Waals surface area contributed by atoms with Crippen LogP contribution in [0.15, 0.2) is 29.5 Å². The van der Waals surface area contributed by atoms with Crippen molar-refractivity contribution < 1.29 is 19.4 Å². The highest BCUT2D eigenvalue weighted by Gasteiger charge is 2.12. The van der Waals surface area contributed by atoms with Gasteiger partial charge in [-0.25, -0.2) is 9.78 Å². The molecule has 0 unspecified atom stereocenters. The van der Waals surface area contributed by atoms with E-state index in [4.69, 9.17) is 9.84 Å². The molecule has 6 nitrogen and oxygen atoms in total. The van der Waals surface area contributed by atoms with Gasteiger partial charge in [0.05, 0.1) is 19.0 Å². The van der Waals surface area contributed by atoms with Crippen molar-refractivity contribution in [2.75, 3.05) is 12.4 Å². The van der Waals surface area contributed by atoms with E-state index in [1.165, 1.54) is 27.2 Å². The number of hydrogen-bond donors (Lipinski definition) is 2. The Morgan fingerprint density at radius 3 is 2.39 bits per heavy atom. The van der Waals surface area contributed by atoms with Crippen LogP contribution in [0.3, 0.4) is 0 Å². The average molecular weight is 250 g/mol. The van der Waals surface area contributed by atoms with Crippen LogP contribution >= 0.6 is 0 Å². The van der Waals surface area contributed by atoms with Crippen molar-refractivity contribution >= 4 is 17.6 Å². The molecule has 1 aromatic heterocycles. The van der Waals surface area contributed by atoms with Crippen LogP contribution in [-0.2, 0) is 9.59 Å². The molecule has 0 aliphatic heterocycles. The van der Waals surface area contributed by atoms with Gasteiger partial charge in [-0.1, -0.05) is 0 Å². The van der Waals surface area contributed by atoms with E-state index in [-0.39, 0.29) is 11.1 Å². The second kappa shape index (κ2) is 5.81. The number of carbonyl (C=O) groups excluding carboxylic acids is 1. The molecule has 0 saturated carbocycles. The van der Waals surface area contributed by atoms with Gasteiger partial charge < -0.3 is 15.2 Å². The summed E-state index contributed by atoms with van der Waals surface area (Å²) in [7, 11) is 1.49. The van der Waals surface area contributed by atoms with Gasteiger partial charge in [0, 0.05) is 17.2 Å². The van der Waals surface area contributed by atoms with Crippen molar-refractivity contribution in [2.24, 2.45) is 0 Å². The van der Waals surface area contributed by atoms with Crippen LogP contribution in [0.1, 0.15) is 13.8 Å². The molecule has 0 aromatic carbocycles. The zero-order chi connectivity index (χ0) is 13.7. The Bertz CT molecular complexity index is 491. The van der Waals surface area contributed by atoms with Crippen molar-refractivity contribution in [1.29, 1.82) is 0 Å². The summed E-state index contributed by atoms with van der Waals surface area (Å²) in [5.41, 5.74) is 0.630. The number of carboxylic acid groups (broad SMARTS) is 1. The van der Waals surface area contributed by atoms with Crippen molar-refractivity contribution in [3.8, 4) is 5.88 Å². The Morgan fingerprint density at radius 1 is 1.28 bits per heavy atom. The number of nitrogens with one attached hydrogen (secondary N) is 1. The van der Waals surface area contributed by atoms with Gasteiger partial charge in [0.2, 0.25) is 5.88 Å². The number of aliphatic carboxylic acids is 1. The maximum Gasteiger partial charge on any atom is 0.331 e.